The Labute approximate surface area is 72.0 Å². The van der Waals surface area contributed by atoms with Crippen LogP contribution in [-0.2, 0) is 9.59 Å². The second-order valence-electron chi connectivity index (χ2n) is 3.18. The lowest BCUT2D eigenvalue weighted by atomic mass is 10.1. The summed E-state index contributed by atoms with van der Waals surface area (Å²) < 4.78 is 0. The van der Waals surface area contributed by atoms with Crippen LogP contribution in [0.2, 0.25) is 0 Å². The maximum atomic E-state index is 11.2. The molecule has 0 saturated carbocycles. The van der Waals surface area contributed by atoms with E-state index in [1.54, 1.807) is 0 Å². The second-order valence-corrected chi connectivity index (χ2v) is 3.18. The van der Waals surface area contributed by atoms with Crippen molar-refractivity contribution in [2.75, 3.05) is 6.54 Å². The van der Waals surface area contributed by atoms with Crippen molar-refractivity contribution in [3.8, 4) is 0 Å². The van der Waals surface area contributed by atoms with Gasteiger partial charge in [0.05, 0.1) is 0 Å². The van der Waals surface area contributed by atoms with E-state index in [0.29, 0.717) is 25.8 Å². The summed E-state index contributed by atoms with van der Waals surface area (Å²) in [7, 11) is 0. The number of nitrogens with zero attached hydrogens (tertiary/aromatic N) is 1. The molecule has 0 radical (unpaired) electrons. The van der Waals surface area contributed by atoms with Gasteiger partial charge in [-0.15, -0.1) is 0 Å². The summed E-state index contributed by atoms with van der Waals surface area (Å²) in [5.74, 6) is -0.122. The Morgan fingerprint density at radius 2 is 1.92 bits per heavy atom. The first-order valence-corrected chi connectivity index (χ1v) is 4.09. The van der Waals surface area contributed by atoms with Crippen molar-refractivity contribution < 1.29 is 9.59 Å². The normalized spacial score (nSPS) is 18.2. The summed E-state index contributed by atoms with van der Waals surface area (Å²) in [6.07, 6.45) is 1.70. The van der Waals surface area contributed by atoms with Gasteiger partial charge < -0.3 is 0 Å². The predicted molar refractivity (Wildman–Crippen MR) is 45.4 cm³/mol. The number of amides is 2. The highest BCUT2D eigenvalue weighted by atomic mass is 16.2. The van der Waals surface area contributed by atoms with Gasteiger partial charge in [-0.1, -0.05) is 12.2 Å². The lowest BCUT2D eigenvalue weighted by Gasteiger charge is -2.24. The quantitative estimate of drug-likeness (QED) is 0.456. The van der Waals surface area contributed by atoms with E-state index in [2.05, 4.69) is 6.58 Å². The molecular formula is C9H13NO2. The van der Waals surface area contributed by atoms with Crippen molar-refractivity contribution in [1.29, 1.82) is 0 Å². The third-order valence-corrected chi connectivity index (χ3v) is 1.81. The first-order chi connectivity index (χ1) is 5.61. The minimum Gasteiger partial charge on any atom is -0.279 e. The number of likely N-dealkylation sites (tertiary alicyclic amines) is 1. The molecule has 1 aliphatic heterocycles. The van der Waals surface area contributed by atoms with Gasteiger partial charge in [-0.2, -0.15) is 0 Å². The molecule has 3 nitrogen and oxygen atoms in total. The number of piperidine rings is 1. The van der Waals surface area contributed by atoms with Crippen molar-refractivity contribution in [2.24, 2.45) is 0 Å². The Kier molecular flexibility index (Phi) is 2.63. The van der Waals surface area contributed by atoms with Crippen molar-refractivity contribution in [2.45, 2.75) is 26.2 Å². The monoisotopic (exact) mass is 167 g/mol. The predicted octanol–water partition coefficient (Wildman–Crippen LogP) is 1.10. The van der Waals surface area contributed by atoms with Gasteiger partial charge in [0, 0.05) is 19.4 Å². The van der Waals surface area contributed by atoms with Gasteiger partial charge >= 0.3 is 0 Å². The van der Waals surface area contributed by atoms with Crippen LogP contribution in [-0.4, -0.2) is 23.3 Å². The van der Waals surface area contributed by atoms with E-state index < -0.39 is 0 Å². The Balaban J connectivity index is 2.63. The number of carbonyl (C=O) groups is 2. The van der Waals surface area contributed by atoms with Gasteiger partial charge in [-0.05, 0) is 13.3 Å². The lowest BCUT2D eigenvalue weighted by Crippen LogP contribution is -2.40. The van der Waals surface area contributed by atoms with E-state index in [1.165, 1.54) is 4.90 Å². The lowest BCUT2D eigenvalue weighted by molar-refractivity contribution is -0.147. The molecule has 0 N–H and O–H groups in total. The Bertz CT molecular complexity index is 217. The topological polar surface area (TPSA) is 37.4 Å². The summed E-state index contributed by atoms with van der Waals surface area (Å²) in [6, 6.07) is 0. The molecule has 1 rings (SSSR count). The minimum atomic E-state index is -0.0609. The number of hydrogen-bond donors (Lipinski definition) is 0. The summed E-state index contributed by atoms with van der Waals surface area (Å²) >= 11 is 0. The fraction of sp³-hybridized carbons (Fsp3) is 0.556. The zero-order chi connectivity index (χ0) is 9.14. The first kappa shape index (κ1) is 8.97. The third-order valence-electron chi connectivity index (χ3n) is 1.81. The van der Waals surface area contributed by atoms with Gasteiger partial charge in [0.2, 0.25) is 11.8 Å². The standard InChI is InChI=1S/C9H13NO2/c1-7(2)6-10-8(11)4-3-5-9(10)12/h1,3-6H2,2H3. The number of carbonyl (C=O) groups excluding carboxylic acids is 2. The van der Waals surface area contributed by atoms with Crippen molar-refractivity contribution in [3.63, 3.8) is 0 Å². The van der Waals surface area contributed by atoms with Gasteiger partial charge in [0.25, 0.3) is 0 Å². The molecule has 0 atom stereocenters. The molecule has 0 bridgehead atoms. The average molecular weight is 167 g/mol. The van der Waals surface area contributed by atoms with E-state index in [-0.39, 0.29) is 11.8 Å². The smallest absolute Gasteiger partial charge is 0.229 e. The van der Waals surface area contributed by atoms with Gasteiger partial charge in [0.1, 0.15) is 0 Å². The summed E-state index contributed by atoms with van der Waals surface area (Å²) in [5.41, 5.74) is 0.846. The van der Waals surface area contributed by atoms with Gasteiger partial charge in [-0.25, -0.2) is 0 Å². The Morgan fingerprint density at radius 1 is 1.42 bits per heavy atom. The summed E-state index contributed by atoms with van der Waals surface area (Å²) in [4.78, 5) is 23.7. The van der Waals surface area contributed by atoms with Crippen LogP contribution in [0.5, 0.6) is 0 Å². The molecule has 0 aromatic rings. The van der Waals surface area contributed by atoms with Crippen LogP contribution in [0.15, 0.2) is 12.2 Å². The van der Waals surface area contributed by atoms with Crippen molar-refractivity contribution in [3.05, 3.63) is 12.2 Å². The van der Waals surface area contributed by atoms with Crippen LogP contribution < -0.4 is 0 Å². The fourth-order valence-corrected chi connectivity index (χ4v) is 1.25. The molecule has 0 aliphatic carbocycles. The van der Waals surface area contributed by atoms with E-state index in [4.69, 9.17) is 0 Å². The second kappa shape index (κ2) is 3.52. The van der Waals surface area contributed by atoms with E-state index in [1.807, 2.05) is 6.92 Å². The highest BCUT2D eigenvalue weighted by molar-refractivity contribution is 5.97. The zero-order valence-corrected chi connectivity index (χ0v) is 7.30. The molecule has 2 amide bonds. The molecule has 1 saturated heterocycles. The van der Waals surface area contributed by atoms with Gasteiger partial charge in [-0.3, -0.25) is 14.5 Å². The Morgan fingerprint density at radius 3 is 2.33 bits per heavy atom. The highest BCUT2D eigenvalue weighted by Gasteiger charge is 2.25. The molecule has 1 aliphatic rings. The molecule has 66 valence electrons. The molecule has 0 spiro atoms. The molecule has 12 heavy (non-hydrogen) atoms. The molecular weight excluding hydrogens is 154 g/mol. The maximum Gasteiger partial charge on any atom is 0.229 e. The van der Waals surface area contributed by atoms with Crippen LogP contribution in [0.3, 0.4) is 0 Å². The summed E-state index contributed by atoms with van der Waals surface area (Å²) in [6.45, 7) is 5.87. The van der Waals surface area contributed by atoms with Crippen LogP contribution >= 0.6 is 0 Å². The summed E-state index contributed by atoms with van der Waals surface area (Å²) in [5, 5.41) is 0. The number of hydrogen-bond acceptors (Lipinski definition) is 2. The van der Waals surface area contributed by atoms with Crippen molar-refractivity contribution in [1.82, 2.24) is 4.90 Å². The SMILES string of the molecule is C=C(C)CN1C(=O)CCCC1=O. The molecule has 0 aromatic heterocycles. The van der Waals surface area contributed by atoms with E-state index in [9.17, 15) is 9.59 Å². The largest absolute Gasteiger partial charge is 0.279 e. The maximum absolute atomic E-state index is 11.2. The molecule has 1 fully saturated rings. The number of imide groups is 1. The number of rotatable bonds is 2. The van der Waals surface area contributed by atoms with Crippen LogP contribution in [0, 0.1) is 0 Å². The molecule has 0 aromatic carbocycles. The highest BCUT2D eigenvalue weighted by Crippen LogP contribution is 2.12. The molecule has 0 unspecified atom stereocenters. The third kappa shape index (κ3) is 1.94. The van der Waals surface area contributed by atoms with Gasteiger partial charge in [0.15, 0.2) is 0 Å². The first-order valence-electron chi connectivity index (χ1n) is 4.09. The van der Waals surface area contributed by atoms with E-state index >= 15 is 0 Å². The molecule has 3 heteroatoms. The van der Waals surface area contributed by atoms with E-state index in [0.717, 1.165) is 5.57 Å². The zero-order valence-electron chi connectivity index (χ0n) is 7.30. The Hall–Kier alpha value is -1.12. The van der Waals surface area contributed by atoms with Crippen molar-refractivity contribution >= 4 is 11.8 Å². The fourth-order valence-electron chi connectivity index (χ4n) is 1.25. The van der Waals surface area contributed by atoms with Crippen LogP contribution in [0.1, 0.15) is 26.2 Å². The minimum absolute atomic E-state index is 0.0609. The molecule has 1 heterocycles. The van der Waals surface area contributed by atoms with Crippen LogP contribution in [0.25, 0.3) is 0 Å². The van der Waals surface area contributed by atoms with Crippen LogP contribution in [0.4, 0.5) is 0 Å². The average Bonchev–Trinajstić information content (AvgIpc) is 1.97.